The van der Waals surface area contributed by atoms with Gasteiger partial charge in [0, 0.05) is 29.4 Å². The van der Waals surface area contributed by atoms with Crippen molar-refractivity contribution in [1.82, 2.24) is 0 Å². The second-order valence-electron chi connectivity index (χ2n) is 11.1. The molecule has 1 aliphatic heterocycles. The van der Waals surface area contributed by atoms with E-state index in [0.717, 1.165) is 61.5 Å². The molecule has 0 radical (unpaired) electrons. The molecular formula is C28H32ClNO4. The molecule has 2 aromatic rings. The van der Waals surface area contributed by atoms with Gasteiger partial charge in [0.2, 0.25) is 0 Å². The van der Waals surface area contributed by atoms with Crippen LogP contribution in [-0.4, -0.2) is 37.6 Å². The number of rotatable bonds is 4. The largest absolute Gasteiger partial charge is 0.490 e. The number of carbonyl (C=O) groups excluding carboxylic acids is 2. The number of fused-ring (bicyclic) bond motifs is 3. The first-order chi connectivity index (χ1) is 16.2. The van der Waals surface area contributed by atoms with Crippen LogP contribution in [0.3, 0.4) is 0 Å². The molecule has 180 valence electrons. The average Bonchev–Trinajstić information content (AvgIpc) is 3.01. The van der Waals surface area contributed by atoms with E-state index in [1.165, 1.54) is 11.1 Å². The summed E-state index contributed by atoms with van der Waals surface area (Å²) in [7, 11) is 0. The van der Waals surface area contributed by atoms with E-state index in [-0.39, 0.29) is 17.3 Å². The molecule has 6 heteroatoms. The third-order valence-electron chi connectivity index (χ3n) is 7.55. The Kier molecular flexibility index (Phi) is 5.87. The Labute approximate surface area is 206 Å². The molecule has 1 fully saturated rings. The van der Waals surface area contributed by atoms with E-state index in [2.05, 4.69) is 17.0 Å². The van der Waals surface area contributed by atoms with Crippen LogP contribution in [0, 0.1) is 11.8 Å². The zero-order chi connectivity index (χ0) is 24.1. The molecule has 2 aliphatic carbocycles. The van der Waals surface area contributed by atoms with E-state index in [0.29, 0.717) is 18.1 Å². The number of aldehydes is 1. The summed E-state index contributed by atoms with van der Waals surface area (Å²) in [5.74, 6) is 0.849. The van der Waals surface area contributed by atoms with Crippen LogP contribution in [0.5, 0.6) is 5.75 Å². The number of nitrogens with zero attached hydrogens (tertiary/aromatic N) is 1. The second-order valence-corrected chi connectivity index (χ2v) is 11.5. The van der Waals surface area contributed by atoms with Gasteiger partial charge in [0.1, 0.15) is 17.6 Å². The number of aryl methyl sites for hydroxylation is 1. The first kappa shape index (κ1) is 23.2. The van der Waals surface area contributed by atoms with E-state index >= 15 is 0 Å². The Morgan fingerprint density at radius 1 is 1.24 bits per heavy atom. The molecule has 3 aliphatic rings. The first-order valence-corrected chi connectivity index (χ1v) is 12.5. The molecule has 1 saturated carbocycles. The standard InChI is InChI=1S/C28H32ClNO4/c1-27(2,3)34-26(32)19-6-9-25-24(13-19)30(14-20-4-5-21(20)15-31)16-28(17-33-25)11-10-18-12-22(29)7-8-23(18)28/h6-9,12-13,15,20-21H,4-5,10-11,14,16-17H2,1-3H3/t20-,21-,28-/m0/s1. The molecule has 0 bridgehead atoms. The lowest BCUT2D eigenvalue weighted by atomic mass is 9.74. The van der Waals surface area contributed by atoms with Gasteiger partial charge in [0.15, 0.2) is 0 Å². The van der Waals surface area contributed by atoms with E-state index < -0.39 is 5.60 Å². The summed E-state index contributed by atoms with van der Waals surface area (Å²) in [6.07, 6.45) is 5.04. The number of benzene rings is 2. The van der Waals surface area contributed by atoms with Gasteiger partial charge in [-0.15, -0.1) is 0 Å². The van der Waals surface area contributed by atoms with Crippen molar-refractivity contribution in [3.8, 4) is 5.75 Å². The van der Waals surface area contributed by atoms with Crippen molar-refractivity contribution in [3.63, 3.8) is 0 Å². The van der Waals surface area contributed by atoms with Crippen molar-refractivity contribution in [2.75, 3.05) is 24.6 Å². The van der Waals surface area contributed by atoms with Crippen molar-refractivity contribution >= 4 is 29.5 Å². The van der Waals surface area contributed by atoms with Crippen LogP contribution < -0.4 is 9.64 Å². The van der Waals surface area contributed by atoms with Crippen LogP contribution in [0.4, 0.5) is 5.69 Å². The van der Waals surface area contributed by atoms with Gasteiger partial charge in [-0.1, -0.05) is 17.7 Å². The highest BCUT2D eigenvalue weighted by Crippen LogP contribution is 2.46. The lowest BCUT2D eigenvalue weighted by Gasteiger charge is -2.40. The Hall–Kier alpha value is -2.53. The van der Waals surface area contributed by atoms with E-state index in [9.17, 15) is 9.59 Å². The monoisotopic (exact) mass is 481 g/mol. The molecule has 5 nitrogen and oxygen atoms in total. The van der Waals surface area contributed by atoms with Gasteiger partial charge >= 0.3 is 5.97 Å². The van der Waals surface area contributed by atoms with Crippen LogP contribution in [0.1, 0.15) is 61.5 Å². The minimum atomic E-state index is -0.567. The van der Waals surface area contributed by atoms with Crippen molar-refractivity contribution in [2.24, 2.45) is 11.8 Å². The first-order valence-electron chi connectivity index (χ1n) is 12.2. The number of ether oxygens (including phenoxy) is 2. The van der Waals surface area contributed by atoms with Gasteiger partial charge in [0.25, 0.3) is 0 Å². The van der Waals surface area contributed by atoms with Gasteiger partial charge in [-0.25, -0.2) is 4.79 Å². The van der Waals surface area contributed by atoms with Gasteiger partial charge in [0.05, 0.1) is 17.9 Å². The highest BCUT2D eigenvalue weighted by molar-refractivity contribution is 6.30. The molecule has 1 heterocycles. The maximum Gasteiger partial charge on any atom is 0.338 e. The maximum atomic E-state index is 12.8. The van der Waals surface area contributed by atoms with Crippen LogP contribution in [-0.2, 0) is 21.4 Å². The molecule has 0 saturated heterocycles. The second kappa shape index (κ2) is 8.60. The molecule has 0 aromatic heterocycles. The SMILES string of the molecule is CC(C)(C)OC(=O)c1ccc2c(c1)N(C[C@@H]1CC[C@H]1C=O)C[C@@]1(CCc3cc(Cl)ccc31)CO2. The van der Waals surface area contributed by atoms with Crippen molar-refractivity contribution in [2.45, 2.75) is 57.5 Å². The molecule has 5 rings (SSSR count). The van der Waals surface area contributed by atoms with Gasteiger partial charge in [-0.2, -0.15) is 0 Å². The third-order valence-corrected chi connectivity index (χ3v) is 7.78. The van der Waals surface area contributed by atoms with Crippen molar-refractivity contribution in [1.29, 1.82) is 0 Å². The summed E-state index contributed by atoms with van der Waals surface area (Å²) in [6.45, 7) is 7.71. The van der Waals surface area contributed by atoms with E-state index in [1.807, 2.05) is 39.0 Å². The summed E-state index contributed by atoms with van der Waals surface area (Å²) in [5.41, 5.74) is 3.26. The lowest BCUT2D eigenvalue weighted by molar-refractivity contribution is -0.115. The maximum absolute atomic E-state index is 12.8. The highest BCUT2D eigenvalue weighted by atomic mass is 35.5. The Morgan fingerprint density at radius 3 is 2.76 bits per heavy atom. The minimum Gasteiger partial charge on any atom is -0.490 e. The predicted octanol–water partition coefficient (Wildman–Crippen LogP) is 5.60. The smallest absolute Gasteiger partial charge is 0.338 e. The Morgan fingerprint density at radius 2 is 2.06 bits per heavy atom. The summed E-state index contributed by atoms with van der Waals surface area (Å²) in [5, 5.41) is 0.760. The van der Waals surface area contributed by atoms with Crippen molar-refractivity contribution in [3.05, 3.63) is 58.1 Å². The zero-order valence-electron chi connectivity index (χ0n) is 20.1. The van der Waals surface area contributed by atoms with E-state index in [4.69, 9.17) is 21.1 Å². The quantitative estimate of drug-likeness (QED) is 0.420. The molecule has 0 N–H and O–H groups in total. The highest BCUT2D eigenvalue weighted by Gasteiger charge is 2.44. The molecule has 0 amide bonds. The minimum absolute atomic E-state index is 0.104. The predicted molar refractivity (Wildman–Crippen MR) is 133 cm³/mol. The Bertz CT molecular complexity index is 1120. The topological polar surface area (TPSA) is 55.8 Å². The van der Waals surface area contributed by atoms with Crippen LogP contribution >= 0.6 is 11.6 Å². The molecule has 3 atom stereocenters. The number of hydrogen-bond donors (Lipinski definition) is 0. The number of anilines is 1. The summed E-state index contributed by atoms with van der Waals surface area (Å²) in [6, 6.07) is 11.7. The molecule has 2 aromatic carbocycles. The fourth-order valence-electron chi connectivity index (χ4n) is 5.62. The van der Waals surface area contributed by atoms with E-state index in [1.54, 1.807) is 6.07 Å². The van der Waals surface area contributed by atoms with Crippen LogP contribution in [0.25, 0.3) is 0 Å². The molecule has 0 unspecified atom stereocenters. The molecule has 1 spiro atoms. The van der Waals surface area contributed by atoms with Gasteiger partial charge in [-0.05, 0) is 93.8 Å². The zero-order valence-corrected chi connectivity index (χ0v) is 20.9. The van der Waals surface area contributed by atoms with Crippen LogP contribution in [0.2, 0.25) is 5.02 Å². The number of halogens is 1. The average molecular weight is 482 g/mol. The van der Waals surface area contributed by atoms with Crippen LogP contribution in [0.15, 0.2) is 36.4 Å². The summed E-state index contributed by atoms with van der Waals surface area (Å²) >= 11 is 6.29. The normalized spacial score (nSPS) is 25.6. The number of hydrogen-bond acceptors (Lipinski definition) is 5. The summed E-state index contributed by atoms with van der Waals surface area (Å²) < 4.78 is 12.1. The van der Waals surface area contributed by atoms with Crippen molar-refractivity contribution < 1.29 is 19.1 Å². The molecular weight excluding hydrogens is 450 g/mol. The molecule has 34 heavy (non-hydrogen) atoms. The fraction of sp³-hybridized carbons (Fsp3) is 0.500. The lowest BCUT2D eigenvalue weighted by Crippen LogP contribution is -2.46. The number of esters is 1. The Balaban J connectivity index is 1.52. The fourth-order valence-corrected chi connectivity index (χ4v) is 5.81. The third kappa shape index (κ3) is 4.31. The van der Waals surface area contributed by atoms with Gasteiger partial charge < -0.3 is 19.2 Å². The number of carbonyl (C=O) groups is 2. The van der Waals surface area contributed by atoms with Gasteiger partial charge in [-0.3, -0.25) is 0 Å². The summed E-state index contributed by atoms with van der Waals surface area (Å²) in [4.78, 5) is 26.7.